The van der Waals surface area contributed by atoms with Gasteiger partial charge in [-0.3, -0.25) is 9.79 Å². The van der Waals surface area contributed by atoms with Gasteiger partial charge in [-0.2, -0.15) is 0 Å². The molecule has 7 nitrogen and oxygen atoms in total. The van der Waals surface area contributed by atoms with Gasteiger partial charge in [0.25, 0.3) is 5.91 Å². The van der Waals surface area contributed by atoms with E-state index in [1.54, 1.807) is 0 Å². The Kier molecular flexibility index (Phi) is 8.89. The highest BCUT2D eigenvalue weighted by molar-refractivity contribution is 14.0. The Balaban J connectivity index is 0.00000243. The summed E-state index contributed by atoms with van der Waals surface area (Å²) in [5.41, 5.74) is 0. The van der Waals surface area contributed by atoms with Gasteiger partial charge < -0.3 is 24.8 Å². The number of carbonyl (C=O) groups excluding carboxylic acids is 1. The lowest BCUT2D eigenvalue weighted by Crippen LogP contribution is -2.55. The number of likely N-dealkylation sites (N-methyl/N-ethyl adjacent to an activating group) is 1. The highest BCUT2D eigenvalue weighted by Gasteiger charge is 2.31. The molecular formula is C18H34IN5O2. The second kappa shape index (κ2) is 10.7. The van der Waals surface area contributed by atoms with Crippen molar-refractivity contribution in [1.82, 2.24) is 20.0 Å². The van der Waals surface area contributed by atoms with Crippen molar-refractivity contribution in [3.8, 4) is 0 Å². The Morgan fingerprint density at radius 2 is 1.85 bits per heavy atom. The van der Waals surface area contributed by atoms with Gasteiger partial charge in [0.2, 0.25) is 0 Å². The minimum absolute atomic E-state index is 0. The summed E-state index contributed by atoms with van der Waals surface area (Å²) in [6.07, 6.45) is 4.19. The molecule has 150 valence electrons. The van der Waals surface area contributed by atoms with E-state index in [1.807, 2.05) is 4.90 Å². The van der Waals surface area contributed by atoms with E-state index in [-0.39, 0.29) is 36.0 Å². The van der Waals surface area contributed by atoms with Gasteiger partial charge >= 0.3 is 0 Å². The molecule has 0 aromatic heterocycles. The van der Waals surface area contributed by atoms with Gasteiger partial charge in [0.15, 0.2) is 5.96 Å². The highest BCUT2D eigenvalue weighted by atomic mass is 127. The summed E-state index contributed by atoms with van der Waals surface area (Å²) in [5, 5.41) is 3.42. The summed E-state index contributed by atoms with van der Waals surface area (Å²) in [6, 6.07) is 0.566. The van der Waals surface area contributed by atoms with Gasteiger partial charge in [0, 0.05) is 45.4 Å². The lowest BCUT2D eigenvalue weighted by atomic mass is 10.2. The number of piperazine rings is 1. The largest absolute Gasteiger partial charge is 0.368 e. The minimum Gasteiger partial charge on any atom is -0.368 e. The Morgan fingerprint density at radius 3 is 2.42 bits per heavy atom. The van der Waals surface area contributed by atoms with Crippen molar-refractivity contribution < 1.29 is 9.53 Å². The van der Waals surface area contributed by atoms with E-state index in [4.69, 9.17) is 9.73 Å². The molecule has 0 spiro atoms. The number of hydrogen-bond donors (Lipinski definition) is 1. The van der Waals surface area contributed by atoms with Crippen LogP contribution < -0.4 is 5.32 Å². The Bertz CT molecular complexity index is 476. The Labute approximate surface area is 174 Å². The number of halogens is 1. The lowest BCUT2D eigenvalue weighted by Gasteiger charge is -2.37. The molecule has 26 heavy (non-hydrogen) atoms. The summed E-state index contributed by atoms with van der Waals surface area (Å²) in [5.74, 6) is 1.17. The average Bonchev–Trinajstić information content (AvgIpc) is 3.30. The van der Waals surface area contributed by atoms with Crippen molar-refractivity contribution in [3.63, 3.8) is 0 Å². The van der Waals surface area contributed by atoms with Gasteiger partial charge in [-0.1, -0.05) is 0 Å². The molecular weight excluding hydrogens is 445 g/mol. The van der Waals surface area contributed by atoms with Crippen LogP contribution in [-0.4, -0.2) is 98.2 Å². The fraction of sp³-hybridized carbons (Fsp3) is 0.889. The maximum atomic E-state index is 12.5. The molecule has 2 atom stereocenters. The zero-order valence-corrected chi connectivity index (χ0v) is 18.5. The molecule has 0 saturated carbocycles. The Morgan fingerprint density at radius 1 is 1.12 bits per heavy atom. The number of amides is 1. The van der Waals surface area contributed by atoms with Crippen LogP contribution in [0.1, 0.15) is 32.6 Å². The third-order valence-corrected chi connectivity index (χ3v) is 5.55. The van der Waals surface area contributed by atoms with E-state index in [2.05, 4.69) is 29.1 Å². The number of hydrogen-bond acceptors (Lipinski definition) is 4. The van der Waals surface area contributed by atoms with Crippen LogP contribution in [0.15, 0.2) is 4.99 Å². The smallest absolute Gasteiger partial charge is 0.251 e. The second-order valence-corrected chi connectivity index (χ2v) is 7.29. The van der Waals surface area contributed by atoms with Crippen LogP contribution >= 0.6 is 24.0 Å². The molecule has 0 aromatic carbocycles. The number of carbonyl (C=O) groups is 1. The van der Waals surface area contributed by atoms with Crippen LogP contribution in [0.25, 0.3) is 0 Å². The van der Waals surface area contributed by atoms with Gasteiger partial charge in [0.05, 0.1) is 6.54 Å². The molecule has 8 heteroatoms. The molecule has 0 aliphatic carbocycles. The van der Waals surface area contributed by atoms with E-state index >= 15 is 0 Å². The first kappa shape index (κ1) is 21.7. The SMILES string of the molecule is CCNC(=NCC1CCCN1C)N1CCN(C(=O)C2CCCO2)CC1.I. The predicted octanol–water partition coefficient (Wildman–Crippen LogP) is 0.987. The number of rotatable bonds is 4. The Hall–Kier alpha value is -0.610. The van der Waals surface area contributed by atoms with E-state index in [0.29, 0.717) is 6.04 Å². The molecule has 0 bridgehead atoms. The van der Waals surface area contributed by atoms with Crippen molar-refractivity contribution in [2.24, 2.45) is 4.99 Å². The molecule has 3 saturated heterocycles. The van der Waals surface area contributed by atoms with Crippen molar-refractivity contribution in [3.05, 3.63) is 0 Å². The maximum absolute atomic E-state index is 12.5. The van der Waals surface area contributed by atoms with Crippen LogP contribution in [0.3, 0.4) is 0 Å². The van der Waals surface area contributed by atoms with Crippen LogP contribution in [-0.2, 0) is 9.53 Å². The van der Waals surface area contributed by atoms with Crippen LogP contribution in [0.4, 0.5) is 0 Å². The van der Waals surface area contributed by atoms with Crippen LogP contribution in [0.5, 0.6) is 0 Å². The van der Waals surface area contributed by atoms with Gasteiger partial charge in [-0.25, -0.2) is 0 Å². The zero-order chi connectivity index (χ0) is 17.6. The number of likely N-dealkylation sites (tertiary alicyclic amines) is 1. The van der Waals surface area contributed by atoms with Crippen LogP contribution in [0, 0.1) is 0 Å². The standard InChI is InChI=1S/C18H33N5O2.HI/c1-3-19-18(20-14-15-6-4-8-21(15)2)23-11-9-22(10-12-23)17(24)16-7-5-13-25-16;/h15-16H,3-14H2,1-2H3,(H,19,20);1H. The molecule has 3 aliphatic heterocycles. The predicted molar refractivity (Wildman–Crippen MR) is 114 cm³/mol. The monoisotopic (exact) mass is 479 g/mol. The van der Waals surface area contributed by atoms with Crippen molar-refractivity contribution >= 4 is 35.8 Å². The molecule has 3 heterocycles. The van der Waals surface area contributed by atoms with E-state index in [1.165, 1.54) is 19.4 Å². The third kappa shape index (κ3) is 5.45. The molecule has 0 aromatic rings. The number of nitrogens with zero attached hydrogens (tertiary/aromatic N) is 4. The molecule has 3 aliphatic rings. The van der Waals surface area contributed by atoms with Crippen LogP contribution in [0.2, 0.25) is 0 Å². The van der Waals surface area contributed by atoms with Crippen molar-refractivity contribution in [2.75, 3.05) is 59.5 Å². The summed E-state index contributed by atoms with van der Waals surface area (Å²) in [6.45, 7) is 8.93. The maximum Gasteiger partial charge on any atom is 0.251 e. The highest BCUT2D eigenvalue weighted by Crippen LogP contribution is 2.17. The van der Waals surface area contributed by atoms with Gasteiger partial charge in [-0.05, 0) is 46.2 Å². The van der Waals surface area contributed by atoms with Crippen molar-refractivity contribution in [2.45, 2.75) is 44.8 Å². The zero-order valence-electron chi connectivity index (χ0n) is 16.2. The fourth-order valence-corrected chi connectivity index (χ4v) is 3.94. The molecule has 3 fully saturated rings. The van der Waals surface area contributed by atoms with E-state index in [9.17, 15) is 4.79 Å². The molecule has 1 amide bonds. The first-order chi connectivity index (χ1) is 12.2. The first-order valence-electron chi connectivity index (χ1n) is 9.83. The summed E-state index contributed by atoms with van der Waals surface area (Å²) in [7, 11) is 2.19. The number of nitrogens with one attached hydrogen (secondary N) is 1. The summed E-state index contributed by atoms with van der Waals surface area (Å²) >= 11 is 0. The average molecular weight is 479 g/mol. The van der Waals surface area contributed by atoms with Gasteiger partial charge in [0.1, 0.15) is 6.10 Å². The quantitative estimate of drug-likeness (QED) is 0.370. The lowest BCUT2D eigenvalue weighted by molar-refractivity contribution is -0.142. The third-order valence-electron chi connectivity index (χ3n) is 5.55. The normalized spacial score (nSPS) is 27.5. The molecule has 0 radical (unpaired) electrons. The first-order valence-corrected chi connectivity index (χ1v) is 9.83. The fourth-order valence-electron chi connectivity index (χ4n) is 3.94. The second-order valence-electron chi connectivity index (χ2n) is 7.29. The molecule has 2 unspecified atom stereocenters. The van der Waals surface area contributed by atoms with Crippen molar-refractivity contribution in [1.29, 1.82) is 0 Å². The molecule has 1 N–H and O–H groups in total. The van der Waals surface area contributed by atoms with E-state index in [0.717, 1.165) is 64.7 Å². The minimum atomic E-state index is -0.202. The number of aliphatic imine (C=N–C) groups is 1. The summed E-state index contributed by atoms with van der Waals surface area (Å²) < 4.78 is 5.54. The number of ether oxygens (including phenoxy) is 1. The topological polar surface area (TPSA) is 60.4 Å². The van der Waals surface area contributed by atoms with E-state index < -0.39 is 0 Å². The summed E-state index contributed by atoms with van der Waals surface area (Å²) in [4.78, 5) is 24.0. The molecule has 3 rings (SSSR count). The van der Waals surface area contributed by atoms with Gasteiger partial charge in [-0.15, -0.1) is 24.0 Å². The number of guanidine groups is 1.